The molecule has 3 nitrogen and oxygen atoms in total. The summed E-state index contributed by atoms with van der Waals surface area (Å²) in [5.41, 5.74) is 0. The lowest BCUT2D eigenvalue weighted by molar-refractivity contribution is -0.125. The highest BCUT2D eigenvalue weighted by molar-refractivity contribution is 5.84. The van der Waals surface area contributed by atoms with Gasteiger partial charge in [0.25, 0.3) is 0 Å². The van der Waals surface area contributed by atoms with Crippen LogP contribution in [-0.2, 0) is 9.53 Å². The predicted octanol–water partition coefficient (Wildman–Crippen LogP) is 4.76. The molecule has 0 saturated heterocycles. The van der Waals surface area contributed by atoms with Crippen molar-refractivity contribution in [3.05, 3.63) is 12.2 Å². The number of allylic oxidation sites excluding steroid dienone is 2. The lowest BCUT2D eigenvalue weighted by atomic mass is 9.90. The Balaban J connectivity index is 0. The average Bonchev–Trinajstić information content (AvgIpc) is 2.55. The van der Waals surface area contributed by atoms with E-state index in [1.807, 2.05) is 20.0 Å². The standard InChI is InChI=1S/C15H29NO2.C4H10/c1-6-8-10-12(3)15(18-5)14(16-4)13(17)11-9-7-2;1-3-4-2/h6,8,12,14-16H,7,9-11H2,1-5H3;3-4H2,1-2H3/b8-6+;. The molecule has 0 aliphatic heterocycles. The normalized spacial score (nSPS) is 15.0. The Labute approximate surface area is 138 Å². The van der Waals surface area contributed by atoms with E-state index in [9.17, 15) is 4.79 Å². The van der Waals surface area contributed by atoms with Crippen LogP contribution in [-0.4, -0.2) is 32.1 Å². The van der Waals surface area contributed by atoms with Crippen molar-refractivity contribution >= 4 is 5.78 Å². The number of Topliss-reactive ketones (excluding diaryl/α,β-unsaturated/α-hetero) is 1. The molecule has 3 unspecified atom stereocenters. The van der Waals surface area contributed by atoms with Crippen molar-refractivity contribution in [2.24, 2.45) is 5.92 Å². The summed E-state index contributed by atoms with van der Waals surface area (Å²) in [7, 11) is 3.52. The first-order valence-corrected chi connectivity index (χ1v) is 8.87. The second-order valence-electron chi connectivity index (χ2n) is 5.82. The first-order valence-electron chi connectivity index (χ1n) is 8.87. The third-order valence-corrected chi connectivity index (χ3v) is 3.84. The van der Waals surface area contributed by atoms with E-state index >= 15 is 0 Å². The van der Waals surface area contributed by atoms with Crippen LogP contribution in [0.1, 0.15) is 73.1 Å². The van der Waals surface area contributed by atoms with Crippen molar-refractivity contribution in [3.63, 3.8) is 0 Å². The number of carbonyl (C=O) groups excluding carboxylic acids is 1. The predicted molar refractivity (Wildman–Crippen MR) is 97.4 cm³/mol. The zero-order valence-electron chi connectivity index (χ0n) is 15.9. The maximum absolute atomic E-state index is 12.2. The van der Waals surface area contributed by atoms with Gasteiger partial charge in [-0.05, 0) is 32.7 Å². The molecule has 0 rings (SSSR count). The fourth-order valence-electron chi connectivity index (χ4n) is 2.20. The van der Waals surface area contributed by atoms with Crippen LogP contribution in [0.2, 0.25) is 0 Å². The average molecular weight is 314 g/mol. The van der Waals surface area contributed by atoms with E-state index in [4.69, 9.17) is 4.74 Å². The highest BCUT2D eigenvalue weighted by Gasteiger charge is 2.29. The maximum atomic E-state index is 12.2. The van der Waals surface area contributed by atoms with Gasteiger partial charge in [0.1, 0.15) is 0 Å². The van der Waals surface area contributed by atoms with Crippen molar-refractivity contribution in [2.45, 2.75) is 85.3 Å². The zero-order chi connectivity index (χ0) is 17.4. The van der Waals surface area contributed by atoms with Gasteiger partial charge in [0.05, 0.1) is 12.1 Å². The molecule has 0 aromatic carbocycles. The van der Waals surface area contributed by atoms with E-state index in [0.717, 1.165) is 19.3 Å². The number of ketones is 1. The molecule has 0 spiro atoms. The summed E-state index contributed by atoms with van der Waals surface area (Å²) in [5, 5.41) is 3.12. The number of ether oxygens (including phenoxy) is 1. The monoisotopic (exact) mass is 313 g/mol. The van der Waals surface area contributed by atoms with E-state index in [1.165, 1.54) is 12.8 Å². The minimum Gasteiger partial charge on any atom is -0.379 e. The Kier molecular flexibility index (Phi) is 17.9. The summed E-state index contributed by atoms with van der Waals surface area (Å²) < 4.78 is 5.55. The van der Waals surface area contributed by atoms with Gasteiger partial charge in [-0.1, -0.05) is 59.1 Å². The van der Waals surface area contributed by atoms with Crippen molar-refractivity contribution in [2.75, 3.05) is 14.2 Å². The summed E-state index contributed by atoms with van der Waals surface area (Å²) in [6.07, 6.45) is 10.3. The topological polar surface area (TPSA) is 38.3 Å². The molecular weight excluding hydrogens is 274 g/mol. The molecule has 0 bridgehead atoms. The Bertz CT molecular complexity index is 275. The van der Waals surface area contributed by atoms with Crippen LogP contribution < -0.4 is 5.32 Å². The number of nitrogens with one attached hydrogen (secondary N) is 1. The van der Waals surface area contributed by atoms with Crippen molar-refractivity contribution < 1.29 is 9.53 Å². The number of likely N-dealkylation sites (N-methyl/N-ethyl adjacent to an activating group) is 1. The number of hydrogen-bond donors (Lipinski definition) is 1. The molecule has 0 aliphatic rings. The molecule has 0 saturated carbocycles. The Hall–Kier alpha value is -0.670. The second kappa shape index (κ2) is 16.7. The second-order valence-corrected chi connectivity index (χ2v) is 5.82. The molecular formula is C19H39NO2. The van der Waals surface area contributed by atoms with E-state index in [1.54, 1.807) is 7.11 Å². The first-order chi connectivity index (χ1) is 10.5. The van der Waals surface area contributed by atoms with Crippen LogP contribution >= 0.6 is 0 Å². The molecule has 0 fully saturated rings. The van der Waals surface area contributed by atoms with E-state index in [2.05, 4.69) is 39.1 Å². The van der Waals surface area contributed by atoms with Gasteiger partial charge in [0, 0.05) is 13.5 Å². The van der Waals surface area contributed by atoms with Crippen molar-refractivity contribution in [1.29, 1.82) is 0 Å². The zero-order valence-corrected chi connectivity index (χ0v) is 15.9. The summed E-state index contributed by atoms with van der Waals surface area (Å²) >= 11 is 0. The number of carbonyl (C=O) groups is 1. The molecule has 0 heterocycles. The highest BCUT2D eigenvalue weighted by atomic mass is 16.5. The van der Waals surface area contributed by atoms with Gasteiger partial charge in [0.15, 0.2) is 5.78 Å². The highest BCUT2D eigenvalue weighted by Crippen LogP contribution is 2.17. The third-order valence-electron chi connectivity index (χ3n) is 3.84. The largest absolute Gasteiger partial charge is 0.379 e. The number of methoxy groups -OCH3 is 1. The molecule has 3 heteroatoms. The van der Waals surface area contributed by atoms with Gasteiger partial charge in [-0.15, -0.1) is 0 Å². The Morgan fingerprint density at radius 2 is 1.77 bits per heavy atom. The molecule has 132 valence electrons. The molecule has 0 aromatic heterocycles. The Morgan fingerprint density at radius 1 is 1.18 bits per heavy atom. The van der Waals surface area contributed by atoms with E-state index < -0.39 is 0 Å². The van der Waals surface area contributed by atoms with Gasteiger partial charge in [-0.3, -0.25) is 4.79 Å². The fraction of sp³-hybridized carbons (Fsp3) is 0.842. The van der Waals surface area contributed by atoms with Crippen LogP contribution in [0.25, 0.3) is 0 Å². The van der Waals surface area contributed by atoms with E-state index in [0.29, 0.717) is 12.3 Å². The van der Waals surface area contributed by atoms with Crippen LogP contribution in [0.5, 0.6) is 0 Å². The fourth-order valence-corrected chi connectivity index (χ4v) is 2.20. The molecule has 0 aliphatic carbocycles. The van der Waals surface area contributed by atoms with Crippen LogP contribution in [0.15, 0.2) is 12.2 Å². The van der Waals surface area contributed by atoms with Crippen molar-refractivity contribution in [3.8, 4) is 0 Å². The third kappa shape index (κ3) is 11.0. The van der Waals surface area contributed by atoms with Crippen LogP contribution in [0.4, 0.5) is 0 Å². The lowest BCUT2D eigenvalue weighted by Crippen LogP contribution is -2.48. The molecule has 22 heavy (non-hydrogen) atoms. The first kappa shape index (κ1) is 23.6. The molecule has 0 radical (unpaired) electrons. The number of unbranched alkanes of at least 4 members (excludes halogenated alkanes) is 2. The molecule has 1 N–H and O–H groups in total. The minimum absolute atomic E-state index is 0.0597. The summed E-state index contributed by atoms with van der Waals surface area (Å²) in [6, 6.07) is -0.193. The summed E-state index contributed by atoms with van der Waals surface area (Å²) in [4.78, 5) is 12.2. The smallest absolute Gasteiger partial charge is 0.152 e. The lowest BCUT2D eigenvalue weighted by Gasteiger charge is -2.29. The Morgan fingerprint density at radius 3 is 2.14 bits per heavy atom. The summed E-state index contributed by atoms with van der Waals surface area (Å²) in [5.74, 6) is 0.591. The summed E-state index contributed by atoms with van der Waals surface area (Å²) in [6.45, 7) is 10.6. The van der Waals surface area contributed by atoms with E-state index in [-0.39, 0.29) is 17.9 Å². The van der Waals surface area contributed by atoms with Gasteiger partial charge in [-0.25, -0.2) is 0 Å². The molecule has 0 amide bonds. The van der Waals surface area contributed by atoms with Gasteiger partial charge < -0.3 is 10.1 Å². The number of rotatable bonds is 11. The molecule has 0 aromatic rings. The maximum Gasteiger partial charge on any atom is 0.152 e. The van der Waals surface area contributed by atoms with Crippen molar-refractivity contribution in [1.82, 2.24) is 5.32 Å². The van der Waals surface area contributed by atoms with Crippen LogP contribution in [0.3, 0.4) is 0 Å². The number of hydrogen-bond acceptors (Lipinski definition) is 3. The van der Waals surface area contributed by atoms with Gasteiger partial charge in [-0.2, -0.15) is 0 Å². The van der Waals surface area contributed by atoms with Gasteiger partial charge >= 0.3 is 0 Å². The van der Waals surface area contributed by atoms with Gasteiger partial charge in [0.2, 0.25) is 0 Å². The quantitative estimate of drug-likeness (QED) is 0.559. The van der Waals surface area contributed by atoms with Crippen LogP contribution in [0, 0.1) is 5.92 Å². The minimum atomic E-state index is -0.193. The molecule has 3 atom stereocenters. The SMILES string of the molecule is C/C=C/CC(C)C(OC)C(NC)C(=O)CCCC.CCCC.